The lowest BCUT2D eigenvalue weighted by molar-refractivity contribution is -0.123. The number of aryl methyl sites for hydroxylation is 1. The molecule has 0 radical (unpaired) electrons. The summed E-state index contributed by atoms with van der Waals surface area (Å²) in [7, 11) is 2.10. The van der Waals surface area contributed by atoms with E-state index in [0.29, 0.717) is 34.7 Å². The molecule has 1 saturated carbocycles. The molecule has 5 rings (SSSR count). The molecule has 2 aromatic heterocycles. The highest BCUT2D eigenvalue weighted by molar-refractivity contribution is 6.37. The van der Waals surface area contributed by atoms with Crippen molar-refractivity contribution < 1.29 is 9.32 Å². The summed E-state index contributed by atoms with van der Waals surface area (Å²) in [6.07, 6.45) is 2.37. The molecule has 8 nitrogen and oxygen atoms in total. The van der Waals surface area contributed by atoms with Crippen LogP contribution >= 0.6 is 11.6 Å². The van der Waals surface area contributed by atoms with Crippen LogP contribution in [0.15, 0.2) is 27.5 Å². The fraction of sp³-hybridized carbons (Fsp3) is 0.522. The van der Waals surface area contributed by atoms with Crippen LogP contribution in [0.4, 0.5) is 0 Å². The maximum Gasteiger partial charge on any atom is 0.264 e. The van der Waals surface area contributed by atoms with Gasteiger partial charge in [-0.15, -0.1) is 0 Å². The van der Waals surface area contributed by atoms with E-state index in [1.54, 1.807) is 13.0 Å². The standard InChI is InChI=1S/C23H28ClN5O3/c1-14-20-22(26-32-14)21-17(24)4-3-5-18(21)29(23(20)31)16-7-6-15(12-16)25-19(30)13-28-10-8-27(2)9-11-28/h3-5,15-16H,6-13H2,1-2H3,(H,25,30). The first-order valence-corrected chi connectivity index (χ1v) is 11.6. The largest absolute Gasteiger partial charge is 0.360 e. The van der Waals surface area contributed by atoms with E-state index in [9.17, 15) is 9.59 Å². The molecular formula is C23H28ClN5O3. The molecule has 1 aromatic carbocycles. The molecule has 0 bridgehead atoms. The maximum absolute atomic E-state index is 13.5. The third kappa shape index (κ3) is 3.80. The third-order valence-electron chi connectivity index (χ3n) is 6.88. The number of nitrogens with one attached hydrogen (secondary N) is 1. The Morgan fingerprint density at radius 3 is 2.78 bits per heavy atom. The molecule has 2 atom stereocenters. The first-order valence-electron chi connectivity index (χ1n) is 11.2. The van der Waals surface area contributed by atoms with E-state index in [1.165, 1.54) is 0 Å². The summed E-state index contributed by atoms with van der Waals surface area (Å²) < 4.78 is 7.18. The summed E-state index contributed by atoms with van der Waals surface area (Å²) in [6.45, 7) is 5.98. The molecule has 32 heavy (non-hydrogen) atoms. The quantitative estimate of drug-likeness (QED) is 0.648. The van der Waals surface area contributed by atoms with Gasteiger partial charge in [-0.1, -0.05) is 22.8 Å². The zero-order valence-electron chi connectivity index (χ0n) is 18.4. The van der Waals surface area contributed by atoms with E-state index in [2.05, 4.69) is 27.3 Å². The van der Waals surface area contributed by atoms with Crippen LogP contribution in [0, 0.1) is 6.92 Å². The lowest BCUT2D eigenvalue weighted by atomic mass is 10.1. The van der Waals surface area contributed by atoms with Crippen LogP contribution < -0.4 is 10.9 Å². The molecule has 9 heteroatoms. The summed E-state index contributed by atoms with van der Waals surface area (Å²) in [5.74, 6) is 0.557. The van der Waals surface area contributed by atoms with Gasteiger partial charge < -0.3 is 19.3 Å². The number of pyridine rings is 1. The topological polar surface area (TPSA) is 83.6 Å². The number of benzene rings is 1. The number of hydrogen-bond acceptors (Lipinski definition) is 6. The summed E-state index contributed by atoms with van der Waals surface area (Å²) in [5, 5.41) is 9.07. The average Bonchev–Trinajstić information content (AvgIpc) is 3.37. The molecule has 2 aliphatic rings. The van der Waals surface area contributed by atoms with Crippen molar-refractivity contribution in [3.05, 3.63) is 39.3 Å². The second-order valence-corrected chi connectivity index (χ2v) is 9.49. The van der Waals surface area contributed by atoms with E-state index < -0.39 is 0 Å². The fourth-order valence-electron chi connectivity index (χ4n) is 5.14. The van der Waals surface area contributed by atoms with Crippen molar-refractivity contribution in [3.8, 4) is 0 Å². The number of halogens is 1. The molecule has 1 N–H and O–H groups in total. The maximum atomic E-state index is 13.5. The minimum Gasteiger partial charge on any atom is -0.360 e. The normalized spacial score (nSPS) is 22.7. The molecule has 3 aromatic rings. The van der Waals surface area contributed by atoms with Crippen LogP contribution in [0.1, 0.15) is 31.1 Å². The van der Waals surface area contributed by atoms with Crippen LogP contribution in [0.3, 0.4) is 0 Å². The number of fused-ring (bicyclic) bond motifs is 3. The summed E-state index contributed by atoms with van der Waals surface area (Å²) in [5.41, 5.74) is 1.17. The predicted molar refractivity (Wildman–Crippen MR) is 124 cm³/mol. The number of nitrogens with zero attached hydrogens (tertiary/aromatic N) is 4. The first-order chi connectivity index (χ1) is 15.4. The highest BCUT2D eigenvalue weighted by Gasteiger charge is 2.31. The number of carbonyl (C=O) groups excluding carboxylic acids is 1. The highest BCUT2D eigenvalue weighted by atomic mass is 35.5. The molecule has 2 fully saturated rings. The van der Waals surface area contributed by atoms with Gasteiger partial charge >= 0.3 is 0 Å². The number of aromatic nitrogens is 2. The molecule has 2 unspecified atom stereocenters. The van der Waals surface area contributed by atoms with Crippen molar-refractivity contribution in [1.82, 2.24) is 24.8 Å². The molecule has 1 amide bonds. The molecule has 0 spiro atoms. The monoisotopic (exact) mass is 457 g/mol. The molecular weight excluding hydrogens is 430 g/mol. The Balaban J connectivity index is 1.38. The fourth-order valence-corrected chi connectivity index (χ4v) is 5.40. The number of carbonyl (C=O) groups is 1. The van der Waals surface area contributed by atoms with E-state index in [1.807, 2.05) is 16.7 Å². The van der Waals surface area contributed by atoms with Gasteiger partial charge in [0.15, 0.2) is 0 Å². The van der Waals surface area contributed by atoms with Gasteiger partial charge in [0.05, 0.1) is 17.1 Å². The van der Waals surface area contributed by atoms with Gasteiger partial charge in [-0.05, 0) is 45.4 Å². The molecule has 1 saturated heterocycles. The SMILES string of the molecule is Cc1onc2c1c(=O)n(C1CCC(NC(=O)CN3CCN(C)CC3)C1)c1cccc(Cl)c21. The van der Waals surface area contributed by atoms with Gasteiger partial charge in [0.25, 0.3) is 5.56 Å². The third-order valence-corrected chi connectivity index (χ3v) is 7.20. The Morgan fingerprint density at radius 1 is 1.22 bits per heavy atom. The van der Waals surface area contributed by atoms with Crippen LogP contribution in [-0.4, -0.2) is 71.2 Å². The van der Waals surface area contributed by atoms with Gasteiger partial charge in [-0.2, -0.15) is 0 Å². The van der Waals surface area contributed by atoms with E-state index in [4.69, 9.17) is 16.1 Å². The molecule has 1 aliphatic heterocycles. The minimum atomic E-state index is -0.108. The van der Waals surface area contributed by atoms with Crippen LogP contribution in [0.2, 0.25) is 5.02 Å². The number of likely N-dealkylation sites (N-methyl/N-ethyl adjacent to an activating group) is 1. The van der Waals surface area contributed by atoms with Crippen LogP contribution in [-0.2, 0) is 4.79 Å². The van der Waals surface area contributed by atoms with Gasteiger partial charge in [0.1, 0.15) is 16.7 Å². The zero-order valence-corrected chi connectivity index (χ0v) is 19.2. The Kier molecular flexibility index (Phi) is 5.69. The van der Waals surface area contributed by atoms with Crippen molar-refractivity contribution in [3.63, 3.8) is 0 Å². The Bertz CT molecular complexity index is 1230. The number of piperazine rings is 1. The minimum absolute atomic E-state index is 0.0175. The van der Waals surface area contributed by atoms with Crippen molar-refractivity contribution in [1.29, 1.82) is 0 Å². The lowest BCUT2D eigenvalue weighted by Gasteiger charge is -2.32. The van der Waals surface area contributed by atoms with Crippen molar-refractivity contribution >= 4 is 39.3 Å². The van der Waals surface area contributed by atoms with Crippen LogP contribution in [0.25, 0.3) is 21.8 Å². The van der Waals surface area contributed by atoms with E-state index >= 15 is 0 Å². The van der Waals surface area contributed by atoms with Crippen molar-refractivity contribution in [2.45, 2.75) is 38.3 Å². The van der Waals surface area contributed by atoms with Gasteiger partial charge in [0.2, 0.25) is 5.91 Å². The summed E-state index contributed by atoms with van der Waals surface area (Å²) in [6, 6.07) is 5.60. The average molecular weight is 458 g/mol. The highest BCUT2D eigenvalue weighted by Crippen LogP contribution is 2.36. The van der Waals surface area contributed by atoms with E-state index in [-0.39, 0.29) is 23.6 Å². The van der Waals surface area contributed by atoms with Crippen molar-refractivity contribution in [2.24, 2.45) is 0 Å². The first kappa shape index (κ1) is 21.4. The van der Waals surface area contributed by atoms with E-state index in [0.717, 1.165) is 49.9 Å². The summed E-state index contributed by atoms with van der Waals surface area (Å²) >= 11 is 6.51. The number of hydrogen-bond donors (Lipinski definition) is 1. The Morgan fingerprint density at radius 2 is 2.00 bits per heavy atom. The second-order valence-electron chi connectivity index (χ2n) is 9.08. The smallest absolute Gasteiger partial charge is 0.264 e. The Labute approximate surface area is 191 Å². The van der Waals surface area contributed by atoms with Crippen LogP contribution in [0.5, 0.6) is 0 Å². The molecule has 170 valence electrons. The lowest BCUT2D eigenvalue weighted by Crippen LogP contribution is -2.49. The Hall–Kier alpha value is -2.42. The summed E-state index contributed by atoms with van der Waals surface area (Å²) in [4.78, 5) is 30.6. The van der Waals surface area contributed by atoms with Gasteiger partial charge in [0, 0.05) is 43.6 Å². The van der Waals surface area contributed by atoms with Gasteiger partial charge in [-0.25, -0.2) is 0 Å². The molecule has 1 aliphatic carbocycles. The number of rotatable bonds is 4. The second kappa shape index (κ2) is 8.50. The number of amides is 1. The van der Waals surface area contributed by atoms with Crippen molar-refractivity contribution in [2.75, 3.05) is 39.8 Å². The molecule has 3 heterocycles. The zero-order chi connectivity index (χ0) is 22.4. The van der Waals surface area contributed by atoms with Gasteiger partial charge in [-0.3, -0.25) is 14.5 Å². The predicted octanol–water partition coefficient (Wildman–Crippen LogP) is 2.56.